The van der Waals surface area contributed by atoms with E-state index in [1.54, 1.807) is 31.4 Å². The fourth-order valence-electron chi connectivity index (χ4n) is 5.26. The maximum atomic E-state index is 13.7. The van der Waals surface area contributed by atoms with Gasteiger partial charge in [0.1, 0.15) is 5.75 Å². The zero-order valence-corrected chi connectivity index (χ0v) is 20.7. The van der Waals surface area contributed by atoms with Gasteiger partial charge in [-0.3, -0.25) is 4.79 Å². The third kappa shape index (κ3) is 4.70. The van der Waals surface area contributed by atoms with Gasteiger partial charge < -0.3 is 9.64 Å². The maximum absolute atomic E-state index is 13.7. The molecule has 2 heterocycles. The number of fused-ring (bicyclic) bond motifs is 1. The van der Waals surface area contributed by atoms with Crippen molar-refractivity contribution in [3.63, 3.8) is 0 Å². The van der Waals surface area contributed by atoms with Gasteiger partial charge in [0.15, 0.2) is 0 Å². The van der Waals surface area contributed by atoms with Crippen molar-refractivity contribution in [2.75, 3.05) is 26.7 Å². The average molecular weight is 491 g/mol. The number of carbonyl (C=O) groups is 1. The van der Waals surface area contributed by atoms with E-state index in [9.17, 15) is 13.2 Å². The summed E-state index contributed by atoms with van der Waals surface area (Å²) in [5.41, 5.74) is 3.60. The highest BCUT2D eigenvalue weighted by Crippen LogP contribution is 2.35. The van der Waals surface area contributed by atoms with E-state index < -0.39 is 10.0 Å². The highest BCUT2D eigenvalue weighted by molar-refractivity contribution is 7.89. The van der Waals surface area contributed by atoms with Crippen LogP contribution in [-0.4, -0.2) is 50.3 Å². The number of methoxy groups -OCH3 is 1. The van der Waals surface area contributed by atoms with E-state index in [0.717, 1.165) is 5.56 Å². The second-order valence-electron chi connectivity index (χ2n) is 9.26. The Bertz CT molecular complexity index is 1290. The number of piperidine rings is 1. The first-order valence-corrected chi connectivity index (χ1v) is 13.5. The van der Waals surface area contributed by atoms with Gasteiger partial charge in [0.25, 0.3) is 0 Å². The number of ether oxygens (including phenoxy) is 1. The first-order valence-electron chi connectivity index (χ1n) is 12.0. The number of hydrogen-bond acceptors (Lipinski definition) is 4. The molecule has 0 unspecified atom stereocenters. The van der Waals surface area contributed by atoms with Crippen molar-refractivity contribution in [2.24, 2.45) is 5.92 Å². The van der Waals surface area contributed by atoms with Gasteiger partial charge in [0.05, 0.1) is 17.9 Å². The van der Waals surface area contributed by atoms with Gasteiger partial charge >= 0.3 is 0 Å². The van der Waals surface area contributed by atoms with Crippen LogP contribution in [0, 0.1) is 5.92 Å². The molecule has 3 aromatic carbocycles. The molecule has 1 fully saturated rings. The molecular weight excluding hydrogens is 460 g/mol. The van der Waals surface area contributed by atoms with Crippen molar-refractivity contribution in [3.8, 4) is 5.75 Å². The number of amides is 1. The summed E-state index contributed by atoms with van der Waals surface area (Å²) in [7, 11) is -2.13. The summed E-state index contributed by atoms with van der Waals surface area (Å²) in [4.78, 5) is 15.9. The molecule has 3 aromatic rings. The minimum Gasteiger partial charge on any atom is -0.497 e. The van der Waals surface area contributed by atoms with Crippen LogP contribution in [0.4, 0.5) is 0 Å². The number of benzene rings is 3. The zero-order valence-electron chi connectivity index (χ0n) is 19.8. The van der Waals surface area contributed by atoms with E-state index in [1.165, 1.54) is 15.4 Å². The number of sulfonamides is 1. The van der Waals surface area contributed by atoms with E-state index in [4.69, 9.17) is 4.74 Å². The molecule has 2 atom stereocenters. The molecule has 7 heteroatoms. The molecule has 35 heavy (non-hydrogen) atoms. The van der Waals surface area contributed by atoms with Gasteiger partial charge in [-0.2, -0.15) is 4.31 Å². The van der Waals surface area contributed by atoms with Crippen molar-refractivity contribution < 1.29 is 17.9 Å². The van der Waals surface area contributed by atoms with Gasteiger partial charge in [-0.25, -0.2) is 8.42 Å². The molecule has 2 aliphatic heterocycles. The highest BCUT2D eigenvalue weighted by atomic mass is 32.2. The molecule has 0 N–H and O–H groups in total. The molecular formula is C28H30N2O4S. The van der Waals surface area contributed by atoms with Gasteiger partial charge in [-0.05, 0) is 53.8 Å². The molecule has 2 aliphatic rings. The topological polar surface area (TPSA) is 66.9 Å². The van der Waals surface area contributed by atoms with Crippen molar-refractivity contribution in [1.29, 1.82) is 0 Å². The predicted molar refractivity (Wildman–Crippen MR) is 135 cm³/mol. The number of carbonyl (C=O) groups excluding carboxylic acids is 1. The van der Waals surface area contributed by atoms with Crippen molar-refractivity contribution in [3.05, 3.63) is 95.6 Å². The van der Waals surface area contributed by atoms with Crippen LogP contribution in [0.1, 0.15) is 35.4 Å². The van der Waals surface area contributed by atoms with E-state index in [2.05, 4.69) is 30.3 Å². The number of nitrogens with zero attached hydrogens (tertiary/aromatic N) is 2. The summed E-state index contributed by atoms with van der Waals surface area (Å²) >= 11 is 0. The fourth-order valence-corrected chi connectivity index (χ4v) is 6.79. The Morgan fingerprint density at radius 1 is 0.914 bits per heavy atom. The number of rotatable bonds is 5. The Morgan fingerprint density at radius 2 is 1.63 bits per heavy atom. The third-order valence-corrected chi connectivity index (χ3v) is 9.02. The van der Waals surface area contributed by atoms with E-state index in [1.807, 2.05) is 29.2 Å². The summed E-state index contributed by atoms with van der Waals surface area (Å²) in [5, 5.41) is 0. The zero-order chi connectivity index (χ0) is 24.4. The Balaban J connectivity index is 1.36. The van der Waals surface area contributed by atoms with Gasteiger partial charge in [-0.1, -0.05) is 54.6 Å². The van der Waals surface area contributed by atoms with Crippen LogP contribution in [0.2, 0.25) is 0 Å². The molecule has 0 saturated carbocycles. The van der Waals surface area contributed by atoms with Crippen molar-refractivity contribution in [2.45, 2.75) is 30.2 Å². The van der Waals surface area contributed by atoms with Gasteiger partial charge in [-0.15, -0.1) is 0 Å². The molecule has 182 valence electrons. The monoisotopic (exact) mass is 490 g/mol. The fraction of sp³-hybridized carbons (Fsp3) is 0.321. The van der Waals surface area contributed by atoms with E-state index >= 15 is 0 Å². The second kappa shape index (κ2) is 9.84. The van der Waals surface area contributed by atoms with Crippen LogP contribution in [0.25, 0.3) is 0 Å². The van der Waals surface area contributed by atoms with Crippen molar-refractivity contribution >= 4 is 15.9 Å². The maximum Gasteiger partial charge on any atom is 0.243 e. The lowest BCUT2D eigenvalue weighted by atomic mass is 9.84. The van der Waals surface area contributed by atoms with E-state index in [0.29, 0.717) is 38.2 Å². The summed E-state index contributed by atoms with van der Waals surface area (Å²) < 4.78 is 33.2. The molecule has 0 bridgehead atoms. The average Bonchev–Trinajstić information content (AvgIpc) is 2.92. The van der Waals surface area contributed by atoms with Gasteiger partial charge in [0.2, 0.25) is 15.9 Å². The van der Waals surface area contributed by atoms with Crippen molar-refractivity contribution in [1.82, 2.24) is 9.21 Å². The normalized spacial score (nSPS) is 20.8. The first kappa shape index (κ1) is 23.6. The van der Waals surface area contributed by atoms with Crippen LogP contribution in [0.15, 0.2) is 83.8 Å². The second-order valence-corrected chi connectivity index (χ2v) is 11.2. The summed E-state index contributed by atoms with van der Waals surface area (Å²) in [5.74, 6) is 0.398. The Morgan fingerprint density at radius 3 is 2.37 bits per heavy atom. The van der Waals surface area contributed by atoms with Gasteiger partial charge in [0, 0.05) is 32.1 Å². The Labute approximate surface area is 207 Å². The predicted octanol–water partition coefficient (Wildman–Crippen LogP) is 4.27. The molecule has 1 amide bonds. The molecule has 0 aromatic heterocycles. The lowest BCUT2D eigenvalue weighted by molar-refractivity contribution is -0.137. The summed E-state index contributed by atoms with van der Waals surface area (Å²) in [6, 6.07) is 25.0. The van der Waals surface area contributed by atoms with Crippen LogP contribution in [0.3, 0.4) is 0 Å². The number of hydrogen-bond donors (Lipinski definition) is 0. The molecule has 1 saturated heterocycles. The molecule has 6 nitrogen and oxygen atoms in total. The van der Waals surface area contributed by atoms with Crippen LogP contribution in [-0.2, 0) is 21.4 Å². The van der Waals surface area contributed by atoms with Crippen LogP contribution < -0.4 is 4.74 Å². The molecule has 0 aliphatic carbocycles. The lowest BCUT2D eigenvalue weighted by Crippen LogP contribution is -2.48. The third-order valence-electron chi connectivity index (χ3n) is 7.14. The van der Waals surface area contributed by atoms with E-state index in [-0.39, 0.29) is 29.2 Å². The SMILES string of the molecule is COc1ccc(S(=O)(=O)N2CCC[C@H](C(=O)N3Cc4ccccc4[C@H](c4ccccc4)C3)C2)cc1. The molecule has 0 spiro atoms. The largest absolute Gasteiger partial charge is 0.497 e. The standard InChI is InChI=1S/C28H30N2O4S/c1-34-24-13-15-25(16-14-24)35(32,33)30-17-7-11-23(19-30)28(31)29-18-22-10-5-6-12-26(22)27(20-29)21-8-3-2-4-9-21/h2-6,8-10,12-16,23,27H,7,11,17-20H2,1H3/t23-,27-/m0/s1. The highest BCUT2D eigenvalue weighted by Gasteiger charge is 2.37. The minimum absolute atomic E-state index is 0.0371. The Hall–Kier alpha value is -3.16. The lowest BCUT2D eigenvalue weighted by Gasteiger charge is -2.39. The summed E-state index contributed by atoms with van der Waals surface area (Å²) in [6.07, 6.45) is 1.36. The van der Waals surface area contributed by atoms with Crippen LogP contribution >= 0.6 is 0 Å². The molecule has 0 radical (unpaired) electrons. The first-order chi connectivity index (χ1) is 17.0. The Kier molecular flexibility index (Phi) is 6.62. The summed E-state index contributed by atoms with van der Waals surface area (Å²) in [6.45, 7) is 1.79. The smallest absolute Gasteiger partial charge is 0.243 e. The quantitative estimate of drug-likeness (QED) is 0.536. The molecule has 5 rings (SSSR count). The van der Waals surface area contributed by atoms with Crippen LogP contribution in [0.5, 0.6) is 5.75 Å². The minimum atomic E-state index is -3.68.